The first kappa shape index (κ1) is 27.5. The average Bonchev–Trinajstić information content (AvgIpc) is 3.48. The maximum Gasteiger partial charge on any atom is 0.387 e. The van der Waals surface area contributed by atoms with E-state index in [0.29, 0.717) is 36.5 Å². The summed E-state index contributed by atoms with van der Waals surface area (Å²) in [6.07, 6.45) is 2.45. The zero-order valence-electron chi connectivity index (χ0n) is 22.1. The Balaban J connectivity index is 1.65. The number of aromatic nitrogens is 1. The molecule has 6 nitrogen and oxygen atoms in total. The van der Waals surface area contributed by atoms with Crippen LogP contribution in [0.25, 0.3) is 10.6 Å². The van der Waals surface area contributed by atoms with E-state index in [1.54, 1.807) is 12.1 Å². The highest BCUT2D eigenvalue weighted by atomic mass is 32.1. The fourth-order valence-corrected chi connectivity index (χ4v) is 6.62. The Hall–Kier alpha value is -2.57. The summed E-state index contributed by atoms with van der Waals surface area (Å²) in [5, 5.41) is 20.8. The van der Waals surface area contributed by atoms with Gasteiger partial charge in [0, 0.05) is 24.5 Å². The SMILES string of the molecule is Cc1ccc(OC(F)F)c(-c2nc(C)c(CN3CC(C(C)(C)C)CC(CC4(C#N)CC4)(C(=O)O)C3)s2)c1. The van der Waals surface area contributed by atoms with Gasteiger partial charge >= 0.3 is 12.6 Å². The Kier molecular flexibility index (Phi) is 7.39. The van der Waals surface area contributed by atoms with Crippen LogP contribution in [0.4, 0.5) is 8.78 Å². The number of aryl methyl sites for hydroxylation is 2. The van der Waals surface area contributed by atoms with E-state index in [0.717, 1.165) is 35.5 Å². The van der Waals surface area contributed by atoms with Gasteiger partial charge in [0.2, 0.25) is 0 Å². The third-order valence-corrected chi connectivity index (χ3v) is 9.10. The van der Waals surface area contributed by atoms with Crippen molar-refractivity contribution in [3.05, 3.63) is 34.3 Å². The molecule has 2 unspecified atom stereocenters. The van der Waals surface area contributed by atoms with Gasteiger partial charge in [0.25, 0.3) is 0 Å². The van der Waals surface area contributed by atoms with E-state index in [-0.39, 0.29) is 17.1 Å². The number of carboxylic acids is 1. The van der Waals surface area contributed by atoms with Crippen LogP contribution in [0, 0.1) is 47.3 Å². The van der Waals surface area contributed by atoms with Crippen molar-refractivity contribution < 1.29 is 23.4 Å². The van der Waals surface area contributed by atoms with Crippen LogP contribution < -0.4 is 4.74 Å². The van der Waals surface area contributed by atoms with Crippen LogP contribution in [0.5, 0.6) is 5.75 Å². The molecule has 1 aliphatic heterocycles. The molecule has 0 radical (unpaired) electrons. The number of hydrogen-bond donors (Lipinski definition) is 1. The first-order chi connectivity index (χ1) is 17.3. The standard InChI is InChI=1S/C28H35F2N3O3S/c1-17-6-7-21(36-25(29)30)20(10-17)23-32-18(2)22(37-23)13-33-12-19(26(3,4)5)11-28(16-33,24(34)35)14-27(15-31)8-9-27/h6-7,10,19,25H,8-9,11-14,16H2,1-5H3,(H,34,35). The molecule has 4 rings (SSSR count). The van der Waals surface area contributed by atoms with Gasteiger partial charge < -0.3 is 9.84 Å². The van der Waals surface area contributed by atoms with Crippen LogP contribution >= 0.6 is 11.3 Å². The number of carboxylic acid groups (broad SMARTS) is 1. The maximum atomic E-state index is 13.0. The third kappa shape index (κ3) is 5.96. The van der Waals surface area contributed by atoms with E-state index in [1.165, 1.54) is 17.4 Å². The lowest BCUT2D eigenvalue weighted by atomic mass is 9.64. The van der Waals surface area contributed by atoms with Gasteiger partial charge in [0.1, 0.15) is 10.8 Å². The highest BCUT2D eigenvalue weighted by Crippen LogP contribution is 2.56. The Morgan fingerprint density at radius 2 is 2.05 bits per heavy atom. The number of piperidine rings is 1. The van der Waals surface area contributed by atoms with Crippen molar-refractivity contribution in [1.82, 2.24) is 9.88 Å². The van der Waals surface area contributed by atoms with Gasteiger partial charge in [-0.2, -0.15) is 14.0 Å². The molecule has 2 aliphatic rings. The Bertz CT molecular complexity index is 1210. The molecule has 2 aromatic rings. The molecule has 2 atom stereocenters. The van der Waals surface area contributed by atoms with Crippen LogP contribution in [0.2, 0.25) is 0 Å². The molecular weight excluding hydrogens is 496 g/mol. The minimum Gasteiger partial charge on any atom is -0.481 e. The van der Waals surface area contributed by atoms with E-state index in [1.807, 2.05) is 13.8 Å². The highest BCUT2D eigenvalue weighted by Gasteiger charge is 2.56. The van der Waals surface area contributed by atoms with Crippen molar-refractivity contribution in [2.24, 2.45) is 22.2 Å². The van der Waals surface area contributed by atoms with Gasteiger partial charge in [-0.15, -0.1) is 11.3 Å². The number of thiazole rings is 1. The number of aliphatic carboxylic acids is 1. The van der Waals surface area contributed by atoms with Crippen molar-refractivity contribution in [1.29, 1.82) is 5.26 Å². The molecule has 200 valence electrons. The van der Waals surface area contributed by atoms with Crippen molar-refractivity contribution in [3.63, 3.8) is 0 Å². The summed E-state index contributed by atoms with van der Waals surface area (Å²) in [4.78, 5) is 20.6. The van der Waals surface area contributed by atoms with Crippen LogP contribution in [-0.4, -0.2) is 40.7 Å². The zero-order valence-corrected chi connectivity index (χ0v) is 22.9. The fraction of sp³-hybridized carbons (Fsp3) is 0.607. The Morgan fingerprint density at radius 3 is 2.62 bits per heavy atom. The number of rotatable bonds is 8. The smallest absolute Gasteiger partial charge is 0.387 e. The van der Waals surface area contributed by atoms with Crippen molar-refractivity contribution >= 4 is 17.3 Å². The van der Waals surface area contributed by atoms with Gasteiger partial charge in [-0.05, 0) is 63.0 Å². The fourth-order valence-electron chi connectivity index (χ4n) is 5.49. The first-order valence-electron chi connectivity index (χ1n) is 12.6. The van der Waals surface area contributed by atoms with Gasteiger partial charge in [-0.25, -0.2) is 4.98 Å². The summed E-state index contributed by atoms with van der Waals surface area (Å²) in [6.45, 7) is 8.90. The highest BCUT2D eigenvalue weighted by molar-refractivity contribution is 7.15. The van der Waals surface area contributed by atoms with Crippen LogP contribution in [0.3, 0.4) is 0 Å². The number of ether oxygens (including phenoxy) is 1. The molecular formula is C28H35F2N3O3S. The predicted molar refractivity (Wildman–Crippen MR) is 138 cm³/mol. The number of nitrogens with zero attached hydrogens (tertiary/aromatic N) is 3. The number of nitriles is 1. The number of halogens is 2. The summed E-state index contributed by atoms with van der Waals surface area (Å²) in [5.74, 6) is -0.603. The van der Waals surface area contributed by atoms with Gasteiger partial charge in [0.15, 0.2) is 0 Å². The Labute approximate surface area is 221 Å². The molecule has 0 spiro atoms. The van der Waals surface area contributed by atoms with E-state index in [4.69, 9.17) is 4.74 Å². The second kappa shape index (κ2) is 9.95. The normalized spacial score (nSPS) is 23.6. The molecule has 1 saturated heterocycles. The molecule has 2 heterocycles. The van der Waals surface area contributed by atoms with Crippen LogP contribution in [0.15, 0.2) is 18.2 Å². The van der Waals surface area contributed by atoms with Crippen LogP contribution in [0.1, 0.15) is 62.6 Å². The molecule has 1 aliphatic carbocycles. The predicted octanol–water partition coefficient (Wildman–Crippen LogP) is 6.66. The number of hydrogen-bond acceptors (Lipinski definition) is 6. The minimum absolute atomic E-state index is 0.0859. The quantitative estimate of drug-likeness (QED) is 0.410. The topological polar surface area (TPSA) is 86.5 Å². The molecule has 9 heteroatoms. The average molecular weight is 532 g/mol. The van der Waals surface area contributed by atoms with Gasteiger partial charge in [0.05, 0.1) is 28.2 Å². The molecule has 1 aromatic heterocycles. The molecule has 2 fully saturated rings. The Morgan fingerprint density at radius 1 is 1.35 bits per heavy atom. The number of benzene rings is 1. The van der Waals surface area contributed by atoms with E-state index >= 15 is 0 Å². The molecule has 1 aromatic carbocycles. The summed E-state index contributed by atoms with van der Waals surface area (Å²) >= 11 is 1.43. The zero-order chi connectivity index (χ0) is 27.2. The van der Waals surface area contributed by atoms with Crippen molar-refractivity contribution in [2.75, 3.05) is 13.1 Å². The van der Waals surface area contributed by atoms with Crippen LogP contribution in [-0.2, 0) is 11.3 Å². The first-order valence-corrected chi connectivity index (χ1v) is 13.5. The van der Waals surface area contributed by atoms with Gasteiger partial charge in [-0.3, -0.25) is 9.69 Å². The third-order valence-electron chi connectivity index (χ3n) is 7.93. The second-order valence-corrected chi connectivity index (χ2v) is 13.1. The molecule has 0 bridgehead atoms. The second-order valence-electron chi connectivity index (χ2n) is 12.0. The van der Waals surface area contributed by atoms with Crippen molar-refractivity contribution in [2.45, 2.75) is 73.5 Å². The molecule has 0 amide bonds. The molecule has 37 heavy (non-hydrogen) atoms. The minimum atomic E-state index is -2.93. The summed E-state index contributed by atoms with van der Waals surface area (Å²) < 4.78 is 30.8. The maximum absolute atomic E-state index is 13.0. The number of likely N-dealkylation sites (tertiary alicyclic amines) is 1. The van der Waals surface area contributed by atoms with E-state index in [2.05, 4.69) is 36.7 Å². The summed E-state index contributed by atoms with van der Waals surface area (Å²) in [5.41, 5.74) is 0.615. The number of carbonyl (C=O) groups is 1. The lowest BCUT2D eigenvalue weighted by Gasteiger charge is -2.48. The summed E-state index contributed by atoms with van der Waals surface area (Å²) in [6, 6.07) is 7.45. The lowest BCUT2D eigenvalue weighted by Crippen LogP contribution is -2.54. The monoisotopic (exact) mass is 531 g/mol. The largest absolute Gasteiger partial charge is 0.481 e. The number of alkyl halides is 2. The van der Waals surface area contributed by atoms with Crippen molar-refractivity contribution in [3.8, 4) is 22.4 Å². The lowest BCUT2D eigenvalue weighted by molar-refractivity contribution is -0.157. The van der Waals surface area contributed by atoms with Gasteiger partial charge in [-0.1, -0.05) is 32.4 Å². The summed E-state index contributed by atoms with van der Waals surface area (Å²) in [7, 11) is 0. The van der Waals surface area contributed by atoms with E-state index < -0.39 is 23.4 Å². The molecule has 1 N–H and O–H groups in total. The van der Waals surface area contributed by atoms with E-state index in [9.17, 15) is 23.9 Å². The molecule has 1 saturated carbocycles.